The molecule has 0 spiro atoms. The number of hydrogen-bond donors (Lipinski definition) is 2. The van der Waals surface area contributed by atoms with Gasteiger partial charge in [0, 0.05) is 6.42 Å². The summed E-state index contributed by atoms with van der Waals surface area (Å²) in [6.45, 7) is 6.63. The van der Waals surface area contributed by atoms with Crippen LogP contribution in [0.2, 0.25) is 0 Å². The van der Waals surface area contributed by atoms with E-state index in [1.165, 1.54) is 0 Å². The highest BCUT2D eigenvalue weighted by Crippen LogP contribution is 2.54. The number of rotatable bonds is 0. The predicted molar refractivity (Wildman–Crippen MR) is 70.2 cm³/mol. The molecule has 110 valence electrons. The second kappa shape index (κ2) is 4.42. The van der Waals surface area contributed by atoms with Crippen LogP contribution in [0, 0.1) is 23.7 Å². The topological polar surface area (TPSA) is 58.9 Å². The van der Waals surface area contributed by atoms with Crippen molar-refractivity contribution in [2.24, 2.45) is 23.7 Å². The first-order valence-corrected chi connectivity index (χ1v) is 7.59. The van der Waals surface area contributed by atoms with Crippen molar-refractivity contribution >= 4 is 0 Å². The Hall–Kier alpha value is -0.160. The second-order valence-corrected chi connectivity index (χ2v) is 7.13. The number of hydrogen-bond acceptors (Lipinski definition) is 4. The lowest BCUT2D eigenvalue weighted by atomic mass is 9.58. The number of aliphatic hydroxyl groups is 2. The van der Waals surface area contributed by atoms with E-state index in [0.29, 0.717) is 24.9 Å². The number of ether oxygens (including phenoxy) is 2. The van der Waals surface area contributed by atoms with Crippen molar-refractivity contribution in [3.63, 3.8) is 0 Å². The molecule has 1 aliphatic carbocycles. The molecule has 19 heavy (non-hydrogen) atoms. The molecule has 2 N–H and O–H groups in total. The third kappa shape index (κ3) is 2.04. The Balaban J connectivity index is 2.00. The summed E-state index contributed by atoms with van der Waals surface area (Å²) in [5.74, 6) is -0.00450. The highest BCUT2D eigenvalue weighted by molar-refractivity contribution is 5.06. The van der Waals surface area contributed by atoms with Gasteiger partial charge in [-0.15, -0.1) is 0 Å². The van der Waals surface area contributed by atoms with E-state index >= 15 is 0 Å². The Labute approximate surface area is 115 Å². The molecule has 0 aromatic rings. The van der Waals surface area contributed by atoms with Crippen molar-refractivity contribution in [3.8, 4) is 0 Å². The van der Waals surface area contributed by atoms with Gasteiger partial charge in [0.2, 0.25) is 0 Å². The van der Waals surface area contributed by atoms with Crippen LogP contribution in [0.1, 0.15) is 46.5 Å². The lowest BCUT2D eigenvalue weighted by molar-refractivity contribution is -0.363. The molecule has 3 aliphatic rings. The molecule has 2 saturated heterocycles. The minimum atomic E-state index is -1.19. The molecule has 5 unspecified atom stereocenters. The van der Waals surface area contributed by atoms with Crippen LogP contribution in [-0.4, -0.2) is 34.5 Å². The van der Waals surface area contributed by atoms with E-state index in [1.807, 2.05) is 0 Å². The molecule has 0 amide bonds. The van der Waals surface area contributed by atoms with Gasteiger partial charge in [-0.05, 0) is 49.9 Å². The molecule has 0 bridgehead atoms. The summed E-state index contributed by atoms with van der Waals surface area (Å²) >= 11 is 0. The molecule has 3 fully saturated rings. The fraction of sp³-hybridized carbons (Fsp3) is 1.00. The van der Waals surface area contributed by atoms with Gasteiger partial charge in [0.1, 0.15) is 5.60 Å². The lowest BCUT2D eigenvalue weighted by Gasteiger charge is -2.55. The molecule has 2 aliphatic heterocycles. The van der Waals surface area contributed by atoms with Crippen LogP contribution in [0.25, 0.3) is 0 Å². The smallest absolute Gasteiger partial charge is 0.190 e. The maximum atomic E-state index is 11.4. The van der Waals surface area contributed by atoms with Crippen LogP contribution in [0.4, 0.5) is 0 Å². The largest absolute Gasteiger partial charge is 0.384 e. The van der Waals surface area contributed by atoms with Gasteiger partial charge < -0.3 is 19.7 Å². The first kappa shape index (κ1) is 13.8. The molecule has 0 aromatic carbocycles. The van der Waals surface area contributed by atoms with Gasteiger partial charge >= 0.3 is 0 Å². The van der Waals surface area contributed by atoms with E-state index in [-0.39, 0.29) is 11.8 Å². The van der Waals surface area contributed by atoms with E-state index < -0.39 is 17.7 Å². The summed E-state index contributed by atoms with van der Waals surface area (Å²) in [5.41, 5.74) is -0.935. The van der Waals surface area contributed by atoms with E-state index in [2.05, 4.69) is 13.8 Å². The standard InChI is InChI=1S/C15H26O4/c1-9-4-5-11-10(2)8-18-13-15(11,17)12(9)6-7-14(3,16)19-13/h9-13,16-17H,4-8H2,1-3H3/t9?,10-,11?,12?,13+,14?,15?/m0/s1. The van der Waals surface area contributed by atoms with Crippen LogP contribution >= 0.6 is 0 Å². The molecule has 4 nitrogen and oxygen atoms in total. The minimum absolute atomic E-state index is 0.160. The van der Waals surface area contributed by atoms with Gasteiger partial charge in [0.25, 0.3) is 0 Å². The third-order valence-corrected chi connectivity index (χ3v) is 5.66. The van der Waals surface area contributed by atoms with E-state index in [4.69, 9.17) is 9.47 Å². The van der Waals surface area contributed by atoms with Crippen LogP contribution < -0.4 is 0 Å². The van der Waals surface area contributed by atoms with Gasteiger partial charge in [-0.2, -0.15) is 0 Å². The highest BCUT2D eigenvalue weighted by atomic mass is 16.7. The van der Waals surface area contributed by atoms with Crippen LogP contribution in [0.3, 0.4) is 0 Å². The first-order chi connectivity index (χ1) is 8.84. The Bertz CT molecular complexity index is 356. The minimum Gasteiger partial charge on any atom is -0.384 e. The van der Waals surface area contributed by atoms with Crippen molar-refractivity contribution in [2.45, 2.75) is 64.1 Å². The molecule has 1 saturated carbocycles. The van der Waals surface area contributed by atoms with E-state index in [1.54, 1.807) is 6.92 Å². The van der Waals surface area contributed by atoms with Gasteiger partial charge in [0.05, 0.1) is 6.61 Å². The Morgan fingerprint density at radius 3 is 2.42 bits per heavy atom. The summed E-state index contributed by atoms with van der Waals surface area (Å²) in [6.07, 6.45) is 2.86. The zero-order chi connectivity index (χ0) is 13.8. The van der Waals surface area contributed by atoms with Crippen LogP contribution in [0.5, 0.6) is 0 Å². The van der Waals surface area contributed by atoms with Gasteiger partial charge in [0.15, 0.2) is 12.1 Å². The first-order valence-electron chi connectivity index (χ1n) is 7.59. The third-order valence-electron chi connectivity index (χ3n) is 5.66. The van der Waals surface area contributed by atoms with Crippen LogP contribution in [0.15, 0.2) is 0 Å². The summed E-state index contributed by atoms with van der Waals surface area (Å²) < 4.78 is 11.5. The second-order valence-electron chi connectivity index (χ2n) is 7.13. The molecular weight excluding hydrogens is 244 g/mol. The maximum absolute atomic E-state index is 11.4. The zero-order valence-corrected chi connectivity index (χ0v) is 12.1. The predicted octanol–water partition coefficient (Wildman–Crippen LogP) is 1.89. The fourth-order valence-electron chi connectivity index (χ4n) is 4.54. The fourth-order valence-corrected chi connectivity index (χ4v) is 4.54. The Kier molecular flexibility index (Phi) is 3.21. The van der Waals surface area contributed by atoms with Crippen molar-refractivity contribution in [3.05, 3.63) is 0 Å². The Morgan fingerprint density at radius 2 is 1.68 bits per heavy atom. The summed E-state index contributed by atoms with van der Waals surface area (Å²) in [5, 5.41) is 21.6. The Morgan fingerprint density at radius 1 is 1.00 bits per heavy atom. The van der Waals surface area contributed by atoms with E-state index in [9.17, 15) is 10.2 Å². The maximum Gasteiger partial charge on any atom is 0.190 e. The van der Waals surface area contributed by atoms with Gasteiger partial charge in [-0.25, -0.2) is 0 Å². The average Bonchev–Trinajstić information content (AvgIpc) is 2.42. The average molecular weight is 270 g/mol. The van der Waals surface area contributed by atoms with Gasteiger partial charge in [-0.3, -0.25) is 0 Å². The molecule has 4 heteroatoms. The summed E-state index contributed by atoms with van der Waals surface area (Å²) in [6, 6.07) is 0. The highest BCUT2D eigenvalue weighted by Gasteiger charge is 2.61. The van der Waals surface area contributed by atoms with E-state index in [0.717, 1.165) is 19.3 Å². The molecule has 3 rings (SSSR count). The SMILES string of the molecule is CC1CCC2[C@@H](C)CO[C@@H]3OC(C)(O)CCC1C23O. The molecule has 0 aromatic heterocycles. The molecule has 7 atom stereocenters. The molecule has 2 heterocycles. The normalized spacial score (nSPS) is 58.3. The zero-order valence-electron chi connectivity index (χ0n) is 12.1. The van der Waals surface area contributed by atoms with Crippen molar-refractivity contribution in [1.82, 2.24) is 0 Å². The van der Waals surface area contributed by atoms with Crippen molar-refractivity contribution in [2.75, 3.05) is 6.61 Å². The monoisotopic (exact) mass is 270 g/mol. The summed E-state index contributed by atoms with van der Waals surface area (Å²) in [7, 11) is 0. The van der Waals surface area contributed by atoms with Gasteiger partial charge in [-0.1, -0.05) is 13.8 Å². The van der Waals surface area contributed by atoms with Crippen molar-refractivity contribution in [1.29, 1.82) is 0 Å². The lowest BCUT2D eigenvalue weighted by Crippen LogP contribution is -2.64. The summed E-state index contributed by atoms with van der Waals surface area (Å²) in [4.78, 5) is 0. The molecule has 0 radical (unpaired) electrons. The molecular formula is C15H26O4. The van der Waals surface area contributed by atoms with Crippen molar-refractivity contribution < 1.29 is 19.7 Å². The van der Waals surface area contributed by atoms with Crippen LogP contribution in [-0.2, 0) is 9.47 Å². The quantitative estimate of drug-likeness (QED) is 0.706.